The van der Waals surface area contributed by atoms with Gasteiger partial charge in [0.15, 0.2) is 11.3 Å². The molecule has 0 aromatic carbocycles. The summed E-state index contributed by atoms with van der Waals surface area (Å²) in [6.45, 7) is 3.80. The number of carbonyl (C=O) groups is 1. The third-order valence-corrected chi connectivity index (χ3v) is 3.50. The summed E-state index contributed by atoms with van der Waals surface area (Å²) >= 11 is 0. The Kier molecular flexibility index (Phi) is 3.40. The van der Waals surface area contributed by atoms with E-state index in [2.05, 4.69) is 15.0 Å². The molecule has 1 N–H and O–H groups in total. The van der Waals surface area contributed by atoms with Gasteiger partial charge in [-0.2, -0.15) is 4.98 Å². The zero-order valence-corrected chi connectivity index (χ0v) is 12.6. The molecule has 0 radical (unpaired) electrons. The van der Waals surface area contributed by atoms with Crippen LogP contribution in [0.3, 0.4) is 0 Å². The molecular weight excluding hydrogens is 284 g/mol. The van der Waals surface area contributed by atoms with E-state index in [9.17, 15) is 9.90 Å². The molecular formula is C15H16N4O3. The summed E-state index contributed by atoms with van der Waals surface area (Å²) in [5, 5.41) is 9.41. The van der Waals surface area contributed by atoms with E-state index in [4.69, 9.17) is 4.74 Å². The van der Waals surface area contributed by atoms with Crippen molar-refractivity contribution in [1.29, 1.82) is 0 Å². The van der Waals surface area contributed by atoms with Crippen molar-refractivity contribution in [2.24, 2.45) is 0 Å². The lowest BCUT2D eigenvalue weighted by Gasteiger charge is -2.08. The molecule has 0 bridgehead atoms. The van der Waals surface area contributed by atoms with Crippen molar-refractivity contribution < 1.29 is 14.6 Å². The van der Waals surface area contributed by atoms with Gasteiger partial charge in [-0.1, -0.05) is 6.92 Å². The number of carboxylic acid groups (broad SMARTS) is 1. The number of carboxylic acids is 1. The first-order valence-electron chi connectivity index (χ1n) is 7.02. The minimum Gasteiger partial charge on any atom is -0.481 e. The van der Waals surface area contributed by atoms with E-state index in [1.165, 1.54) is 7.11 Å². The van der Waals surface area contributed by atoms with Gasteiger partial charge < -0.3 is 9.84 Å². The van der Waals surface area contributed by atoms with E-state index in [1.54, 1.807) is 17.4 Å². The normalized spacial score (nSPS) is 11.2. The van der Waals surface area contributed by atoms with Gasteiger partial charge in [0.2, 0.25) is 5.88 Å². The van der Waals surface area contributed by atoms with E-state index in [1.807, 2.05) is 13.0 Å². The van der Waals surface area contributed by atoms with Crippen molar-refractivity contribution in [3.8, 4) is 5.88 Å². The molecule has 22 heavy (non-hydrogen) atoms. The number of pyridine rings is 1. The van der Waals surface area contributed by atoms with Crippen LogP contribution in [0, 0.1) is 6.92 Å². The molecule has 114 valence electrons. The van der Waals surface area contributed by atoms with Gasteiger partial charge in [-0.05, 0) is 19.4 Å². The number of hydrogen-bond acceptors (Lipinski definition) is 5. The third kappa shape index (κ3) is 2.05. The van der Waals surface area contributed by atoms with Gasteiger partial charge in [-0.15, -0.1) is 0 Å². The summed E-state index contributed by atoms with van der Waals surface area (Å²) in [6.07, 6.45) is 1.51. The van der Waals surface area contributed by atoms with Gasteiger partial charge in [0.05, 0.1) is 12.8 Å². The first kappa shape index (κ1) is 14.2. The number of aromatic carboxylic acids is 1. The Bertz CT molecular complexity index is 885. The Morgan fingerprint density at radius 3 is 2.73 bits per heavy atom. The first-order chi connectivity index (χ1) is 10.6. The van der Waals surface area contributed by atoms with E-state index >= 15 is 0 Å². The number of ether oxygens (including phenoxy) is 1. The molecule has 7 heteroatoms. The summed E-state index contributed by atoms with van der Waals surface area (Å²) in [4.78, 5) is 24.7. The molecule has 0 saturated carbocycles. The van der Waals surface area contributed by atoms with Crippen LogP contribution in [-0.4, -0.2) is 37.5 Å². The number of aryl methyl sites for hydroxylation is 2. The monoisotopic (exact) mass is 300 g/mol. The molecule has 0 saturated heterocycles. The van der Waals surface area contributed by atoms with Crippen LogP contribution in [0.15, 0.2) is 12.1 Å². The lowest BCUT2D eigenvalue weighted by atomic mass is 10.3. The van der Waals surface area contributed by atoms with Gasteiger partial charge in [0, 0.05) is 12.5 Å². The van der Waals surface area contributed by atoms with Crippen molar-refractivity contribution in [2.75, 3.05) is 7.11 Å². The lowest BCUT2D eigenvalue weighted by molar-refractivity contribution is 0.0693. The summed E-state index contributed by atoms with van der Waals surface area (Å²) in [5.41, 5.74) is 2.36. The number of rotatable bonds is 4. The summed E-state index contributed by atoms with van der Waals surface area (Å²) in [7, 11) is 1.54. The number of aromatic nitrogens is 4. The second-order valence-corrected chi connectivity index (χ2v) is 5.01. The number of nitrogens with zero attached hydrogens (tertiary/aromatic N) is 4. The van der Waals surface area contributed by atoms with E-state index in [0.717, 1.165) is 6.42 Å². The average molecular weight is 300 g/mol. The number of methoxy groups -OCH3 is 1. The molecule has 3 rings (SSSR count). The predicted molar refractivity (Wildman–Crippen MR) is 80.5 cm³/mol. The Balaban J connectivity index is 2.50. The largest absolute Gasteiger partial charge is 0.481 e. The molecule has 0 fully saturated rings. The minimum absolute atomic E-state index is 0.0139. The van der Waals surface area contributed by atoms with Gasteiger partial charge in [-0.3, -0.25) is 4.40 Å². The van der Waals surface area contributed by atoms with E-state index < -0.39 is 5.97 Å². The molecule has 0 aliphatic heterocycles. The van der Waals surface area contributed by atoms with Crippen molar-refractivity contribution >= 4 is 22.6 Å². The second-order valence-electron chi connectivity index (χ2n) is 5.01. The molecule has 0 aliphatic rings. The van der Waals surface area contributed by atoms with Gasteiger partial charge in [0.25, 0.3) is 0 Å². The zero-order chi connectivity index (χ0) is 15.9. The van der Waals surface area contributed by atoms with Crippen LogP contribution in [0.1, 0.15) is 35.4 Å². The molecule has 3 aromatic heterocycles. The molecule has 7 nitrogen and oxygen atoms in total. The minimum atomic E-state index is -1.06. The quantitative estimate of drug-likeness (QED) is 0.794. The fourth-order valence-electron chi connectivity index (χ4n) is 2.59. The molecule has 0 spiro atoms. The fourth-order valence-corrected chi connectivity index (χ4v) is 2.59. The Labute approximate surface area is 126 Å². The average Bonchev–Trinajstić information content (AvgIpc) is 2.88. The first-order valence-corrected chi connectivity index (χ1v) is 7.02. The van der Waals surface area contributed by atoms with Crippen molar-refractivity contribution in [3.05, 3.63) is 29.3 Å². The van der Waals surface area contributed by atoms with Crippen LogP contribution >= 0.6 is 0 Å². The maximum Gasteiger partial charge on any atom is 0.356 e. The highest BCUT2D eigenvalue weighted by molar-refractivity contribution is 5.96. The maximum atomic E-state index is 11.5. The van der Waals surface area contributed by atoms with Crippen LogP contribution < -0.4 is 4.74 Å². The molecule has 0 unspecified atom stereocenters. The topological polar surface area (TPSA) is 89.6 Å². The molecule has 0 amide bonds. The number of fused-ring (bicyclic) bond motifs is 3. The predicted octanol–water partition coefficient (Wildman–Crippen LogP) is 2.25. The van der Waals surface area contributed by atoms with Crippen LogP contribution in [-0.2, 0) is 6.42 Å². The number of imidazole rings is 1. The SMILES string of the molecule is CCCc1nc(C(=O)O)c2c(C)nc3ccc(OC)nc3n12. The molecule has 3 aromatic rings. The Morgan fingerprint density at radius 2 is 2.09 bits per heavy atom. The molecule has 0 aliphatic carbocycles. The van der Waals surface area contributed by atoms with Crippen LogP contribution in [0.25, 0.3) is 16.7 Å². The molecule has 3 heterocycles. The van der Waals surface area contributed by atoms with E-state index in [-0.39, 0.29) is 5.69 Å². The summed E-state index contributed by atoms with van der Waals surface area (Å²) in [6, 6.07) is 3.54. The highest BCUT2D eigenvalue weighted by Gasteiger charge is 2.21. The smallest absolute Gasteiger partial charge is 0.356 e. The zero-order valence-electron chi connectivity index (χ0n) is 12.6. The summed E-state index contributed by atoms with van der Waals surface area (Å²) < 4.78 is 6.95. The molecule has 0 atom stereocenters. The van der Waals surface area contributed by atoms with Gasteiger partial charge in [0.1, 0.15) is 16.9 Å². The van der Waals surface area contributed by atoms with Crippen molar-refractivity contribution in [2.45, 2.75) is 26.7 Å². The highest BCUT2D eigenvalue weighted by atomic mass is 16.5. The lowest BCUT2D eigenvalue weighted by Crippen LogP contribution is -2.03. The second kappa shape index (κ2) is 5.25. The third-order valence-electron chi connectivity index (χ3n) is 3.50. The standard InChI is InChI=1S/C15H16N4O3/c1-4-5-10-17-12(15(20)21)13-8(2)16-9-6-7-11(22-3)18-14(9)19(10)13/h6-7H,4-5H2,1-3H3,(H,20,21). The van der Waals surface area contributed by atoms with E-state index in [0.29, 0.717) is 40.5 Å². The van der Waals surface area contributed by atoms with Crippen LogP contribution in [0.5, 0.6) is 5.88 Å². The fraction of sp³-hybridized carbons (Fsp3) is 0.333. The highest BCUT2D eigenvalue weighted by Crippen LogP contribution is 2.24. The van der Waals surface area contributed by atoms with Gasteiger partial charge >= 0.3 is 5.97 Å². The van der Waals surface area contributed by atoms with Crippen LogP contribution in [0.2, 0.25) is 0 Å². The maximum absolute atomic E-state index is 11.5. The Hall–Kier alpha value is -2.70. The summed E-state index contributed by atoms with van der Waals surface area (Å²) in [5.74, 6) is 0.0608. The number of hydrogen-bond donors (Lipinski definition) is 1. The Morgan fingerprint density at radius 1 is 1.32 bits per heavy atom. The van der Waals surface area contributed by atoms with Gasteiger partial charge in [-0.25, -0.2) is 14.8 Å². The van der Waals surface area contributed by atoms with Crippen molar-refractivity contribution in [1.82, 2.24) is 19.4 Å². The van der Waals surface area contributed by atoms with Crippen LogP contribution in [0.4, 0.5) is 0 Å². The van der Waals surface area contributed by atoms with Crippen molar-refractivity contribution in [3.63, 3.8) is 0 Å².